The predicted molar refractivity (Wildman–Crippen MR) is 91.4 cm³/mol. The van der Waals surface area contributed by atoms with E-state index in [2.05, 4.69) is 22.1 Å². The maximum atomic E-state index is 12.1. The average Bonchev–Trinajstić information content (AvgIpc) is 3.24. The lowest BCUT2D eigenvalue weighted by Crippen LogP contribution is -2.41. The van der Waals surface area contributed by atoms with E-state index in [9.17, 15) is 4.79 Å². The molecule has 0 saturated carbocycles. The van der Waals surface area contributed by atoms with E-state index < -0.39 is 0 Å². The van der Waals surface area contributed by atoms with E-state index in [1.54, 1.807) is 17.6 Å². The molecule has 1 aliphatic rings. The molecule has 1 unspecified atom stereocenters. The third kappa shape index (κ3) is 4.42. The van der Waals surface area contributed by atoms with E-state index in [0.29, 0.717) is 17.5 Å². The van der Waals surface area contributed by atoms with Gasteiger partial charge in [-0.1, -0.05) is 13.0 Å². The van der Waals surface area contributed by atoms with Crippen LogP contribution in [0.1, 0.15) is 25.5 Å². The van der Waals surface area contributed by atoms with Crippen molar-refractivity contribution in [2.24, 2.45) is 5.92 Å². The second kappa shape index (κ2) is 7.75. The third-order valence-corrected chi connectivity index (χ3v) is 5.12. The van der Waals surface area contributed by atoms with Crippen LogP contribution in [0.2, 0.25) is 0 Å². The van der Waals surface area contributed by atoms with Crippen LogP contribution in [0.25, 0.3) is 10.8 Å². The van der Waals surface area contributed by atoms with Gasteiger partial charge in [0.25, 0.3) is 0 Å². The first kappa shape index (κ1) is 16.2. The molecular weight excluding hydrogens is 310 g/mol. The first-order valence-electron chi connectivity index (χ1n) is 8.22. The van der Waals surface area contributed by atoms with Gasteiger partial charge >= 0.3 is 0 Å². The molecule has 23 heavy (non-hydrogen) atoms. The lowest BCUT2D eigenvalue weighted by atomic mass is 9.98. The minimum atomic E-state index is 0.0182. The summed E-state index contributed by atoms with van der Waals surface area (Å²) < 4.78 is 5.45. The molecule has 0 bridgehead atoms. The first-order valence-corrected chi connectivity index (χ1v) is 9.10. The fourth-order valence-electron chi connectivity index (χ4n) is 2.99. The zero-order valence-corrected chi connectivity index (χ0v) is 14.3. The Bertz CT molecular complexity index is 624. The smallest absolute Gasteiger partial charge is 0.236 e. The van der Waals surface area contributed by atoms with Gasteiger partial charge in [-0.2, -0.15) is 0 Å². The fraction of sp³-hybridized carbons (Fsp3) is 0.529. The normalized spacial score (nSPS) is 18.9. The summed E-state index contributed by atoms with van der Waals surface area (Å²) in [4.78, 5) is 19.9. The van der Waals surface area contributed by atoms with E-state index in [1.807, 2.05) is 17.5 Å². The van der Waals surface area contributed by atoms with Crippen molar-refractivity contribution in [3.8, 4) is 10.8 Å². The molecule has 1 saturated heterocycles. The number of rotatable bonds is 6. The maximum absolute atomic E-state index is 12.1. The van der Waals surface area contributed by atoms with Gasteiger partial charge in [-0.3, -0.25) is 4.79 Å². The SMILES string of the molecule is CCN1CCCC(CNC(=O)Cc2coc(-c3cccs3)n2)C1. The Morgan fingerprint density at radius 3 is 3.26 bits per heavy atom. The number of nitrogens with zero attached hydrogens (tertiary/aromatic N) is 2. The van der Waals surface area contributed by atoms with Crippen LogP contribution in [-0.2, 0) is 11.2 Å². The van der Waals surface area contributed by atoms with Crippen LogP contribution in [0, 0.1) is 5.92 Å². The van der Waals surface area contributed by atoms with Gasteiger partial charge in [0.05, 0.1) is 17.0 Å². The largest absolute Gasteiger partial charge is 0.444 e. The standard InChI is InChI=1S/C17H23N3O2S/c1-2-20-7-3-5-13(11-20)10-18-16(21)9-14-12-22-17(19-14)15-6-4-8-23-15/h4,6,8,12-13H,2-3,5,7,9-11H2,1H3,(H,18,21). The summed E-state index contributed by atoms with van der Waals surface area (Å²) in [5, 5.41) is 5.03. The summed E-state index contributed by atoms with van der Waals surface area (Å²) in [6, 6.07) is 3.92. The van der Waals surface area contributed by atoms with Crippen molar-refractivity contribution in [3.63, 3.8) is 0 Å². The highest BCUT2D eigenvalue weighted by Crippen LogP contribution is 2.23. The van der Waals surface area contributed by atoms with Crippen LogP contribution >= 0.6 is 11.3 Å². The van der Waals surface area contributed by atoms with Gasteiger partial charge in [0, 0.05) is 13.1 Å². The van der Waals surface area contributed by atoms with Crippen molar-refractivity contribution in [2.75, 3.05) is 26.2 Å². The summed E-state index contributed by atoms with van der Waals surface area (Å²) in [6.07, 6.45) is 4.28. The summed E-state index contributed by atoms with van der Waals surface area (Å²) in [5.41, 5.74) is 0.685. The third-order valence-electron chi connectivity index (χ3n) is 4.26. The molecule has 2 aromatic rings. The number of amides is 1. The molecule has 1 N–H and O–H groups in total. The average molecular weight is 333 g/mol. The van der Waals surface area contributed by atoms with Gasteiger partial charge in [0.2, 0.25) is 11.8 Å². The van der Waals surface area contributed by atoms with Crippen molar-refractivity contribution in [1.29, 1.82) is 0 Å². The number of piperidine rings is 1. The Kier molecular flexibility index (Phi) is 5.46. The fourth-order valence-corrected chi connectivity index (χ4v) is 3.65. The Hall–Kier alpha value is -1.66. The molecule has 1 aliphatic heterocycles. The van der Waals surface area contributed by atoms with Gasteiger partial charge in [0.1, 0.15) is 6.26 Å². The number of hydrogen-bond acceptors (Lipinski definition) is 5. The van der Waals surface area contributed by atoms with E-state index in [-0.39, 0.29) is 12.3 Å². The van der Waals surface area contributed by atoms with E-state index >= 15 is 0 Å². The molecule has 124 valence electrons. The number of thiophene rings is 1. The Balaban J connectivity index is 1.46. The Labute approximate surface area is 140 Å². The highest BCUT2D eigenvalue weighted by molar-refractivity contribution is 7.13. The summed E-state index contributed by atoms with van der Waals surface area (Å²) >= 11 is 1.58. The van der Waals surface area contributed by atoms with Crippen LogP contribution in [-0.4, -0.2) is 42.0 Å². The molecule has 5 nitrogen and oxygen atoms in total. The lowest BCUT2D eigenvalue weighted by Gasteiger charge is -2.31. The number of oxazole rings is 1. The molecular formula is C17H23N3O2S. The molecule has 1 atom stereocenters. The lowest BCUT2D eigenvalue weighted by molar-refractivity contribution is -0.120. The van der Waals surface area contributed by atoms with Crippen LogP contribution < -0.4 is 5.32 Å². The Morgan fingerprint density at radius 2 is 2.48 bits per heavy atom. The summed E-state index contributed by atoms with van der Waals surface area (Å²) in [5.74, 6) is 1.17. The van der Waals surface area contributed by atoms with Gasteiger partial charge in [-0.15, -0.1) is 11.3 Å². The monoisotopic (exact) mass is 333 g/mol. The molecule has 0 aliphatic carbocycles. The first-order chi connectivity index (χ1) is 11.2. The second-order valence-corrected chi connectivity index (χ2v) is 6.95. The zero-order valence-electron chi connectivity index (χ0n) is 13.5. The quantitative estimate of drug-likeness (QED) is 0.883. The Morgan fingerprint density at radius 1 is 1.57 bits per heavy atom. The molecule has 0 aromatic carbocycles. The van der Waals surface area contributed by atoms with Crippen molar-refractivity contribution >= 4 is 17.2 Å². The van der Waals surface area contributed by atoms with Gasteiger partial charge in [-0.25, -0.2) is 4.98 Å². The molecule has 1 amide bonds. The van der Waals surface area contributed by atoms with Crippen LogP contribution in [0.5, 0.6) is 0 Å². The van der Waals surface area contributed by atoms with Crippen LogP contribution in [0.3, 0.4) is 0 Å². The van der Waals surface area contributed by atoms with Crippen LogP contribution in [0.4, 0.5) is 0 Å². The van der Waals surface area contributed by atoms with Crippen LogP contribution in [0.15, 0.2) is 28.2 Å². The molecule has 0 spiro atoms. The zero-order chi connectivity index (χ0) is 16.1. The minimum absolute atomic E-state index is 0.0182. The number of carbonyl (C=O) groups is 1. The van der Waals surface area contributed by atoms with Gasteiger partial charge in [-0.05, 0) is 43.3 Å². The van der Waals surface area contributed by atoms with Gasteiger partial charge < -0.3 is 14.6 Å². The topological polar surface area (TPSA) is 58.4 Å². The van der Waals surface area contributed by atoms with E-state index in [0.717, 1.165) is 24.5 Å². The van der Waals surface area contributed by atoms with E-state index in [4.69, 9.17) is 4.42 Å². The van der Waals surface area contributed by atoms with E-state index in [1.165, 1.54) is 19.4 Å². The highest BCUT2D eigenvalue weighted by Gasteiger charge is 2.19. The maximum Gasteiger partial charge on any atom is 0.236 e. The van der Waals surface area contributed by atoms with Crippen molar-refractivity contribution in [1.82, 2.24) is 15.2 Å². The summed E-state index contributed by atoms with van der Waals surface area (Å²) in [7, 11) is 0. The van der Waals surface area contributed by atoms with Crippen molar-refractivity contribution in [2.45, 2.75) is 26.2 Å². The number of nitrogens with one attached hydrogen (secondary N) is 1. The molecule has 3 heterocycles. The van der Waals surface area contributed by atoms with Crippen molar-refractivity contribution in [3.05, 3.63) is 29.5 Å². The highest BCUT2D eigenvalue weighted by atomic mass is 32.1. The number of aromatic nitrogens is 1. The molecule has 0 radical (unpaired) electrons. The van der Waals surface area contributed by atoms with Crippen molar-refractivity contribution < 1.29 is 9.21 Å². The molecule has 3 rings (SSSR count). The number of carbonyl (C=O) groups excluding carboxylic acids is 1. The number of hydrogen-bond donors (Lipinski definition) is 1. The van der Waals surface area contributed by atoms with Gasteiger partial charge in [0.15, 0.2) is 0 Å². The predicted octanol–water partition coefficient (Wildman–Crippen LogP) is 2.79. The molecule has 2 aromatic heterocycles. The summed E-state index contributed by atoms with van der Waals surface area (Å²) in [6.45, 7) is 6.31. The molecule has 6 heteroatoms. The number of likely N-dealkylation sites (tertiary alicyclic amines) is 1. The minimum Gasteiger partial charge on any atom is -0.444 e. The second-order valence-electron chi connectivity index (χ2n) is 6.00. The molecule has 1 fully saturated rings.